The second kappa shape index (κ2) is 8.08. The van der Waals surface area contributed by atoms with E-state index < -0.39 is 0 Å². The largest absolute Gasteiger partial charge is 0.368 e. The summed E-state index contributed by atoms with van der Waals surface area (Å²) in [5.74, 6) is 0.799. The van der Waals surface area contributed by atoms with Gasteiger partial charge in [0.25, 0.3) is 5.71 Å². The number of carbonyl (C=O) groups is 1. The number of carbonyl (C=O) groups excluding carboxylic acids is 1. The molecule has 0 spiro atoms. The van der Waals surface area contributed by atoms with E-state index in [-0.39, 0.29) is 17.6 Å². The van der Waals surface area contributed by atoms with E-state index in [1.165, 1.54) is 4.90 Å². The number of likely N-dealkylation sites (N-methyl/N-ethyl adjacent to an activating group) is 1. The second-order valence-corrected chi connectivity index (χ2v) is 6.83. The number of anilines is 4. The van der Waals surface area contributed by atoms with Crippen LogP contribution in [-0.2, 0) is 4.79 Å². The molecule has 2 heterocycles. The second-order valence-electron chi connectivity index (χ2n) is 5.58. The van der Waals surface area contributed by atoms with Gasteiger partial charge in [-0.05, 0) is 59.0 Å². The Labute approximate surface area is 169 Å². The Morgan fingerprint density at radius 3 is 2.70 bits per heavy atom. The quantitative estimate of drug-likeness (QED) is 0.375. The first-order valence-corrected chi connectivity index (χ1v) is 9.00. The number of nitrogens with one attached hydrogen (secondary N) is 1. The number of nitrogens with zero attached hydrogens (tertiary/aromatic N) is 4. The van der Waals surface area contributed by atoms with E-state index in [1.807, 2.05) is 12.1 Å². The van der Waals surface area contributed by atoms with Gasteiger partial charge in [-0.2, -0.15) is 4.98 Å². The third kappa shape index (κ3) is 4.37. The Balaban J connectivity index is 1.91. The lowest BCUT2D eigenvalue weighted by molar-refractivity contribution is -0.133. The zero-order valence-corrected chi connectivity index (χ0v) is 16.6. The van der Waals surface area contributed by atoms with Crippen LogP contribution < -0.4 is 21.4 Å². The third-order valence-corrected chi connectivity index (χ3v) is 4.41. The number of aromatic nitrogens is 3. The summed E-state index contributed by atoms with van der Waals surface area (Å²) in [5, 5.41) is 9.35. The number of rotatable bonds is 5. The van der Waals surface area contributed by atoms with Crippen LogP contribution in [0.15, 0.2) is 54.9 Å². The summed E-state index contributed by atoms with van der Waals surface area (Å²) in [6.45, 7) is 0. The molecule has 0 saturated heterocycles. The molecule has 3 rings (SSSR count). The Morgan fingerprint density at radius 2 is 2.00 bits per heavy atom. The zero-order chi connectivity index (χ0) is 19.4. The van der Waals surface area contributed by atoms with E-state index >= 15 is 0 Å². The fourth-order valence-corrected chi connectivity index (χ4v) is 2.88. The topological polar surface area (TPSA) is 123 Å². The zero-order valence-electron chi connectivity index (χ0n) is 14.4. The Bertz CT molecular complexity index is 994. The van der Waals surface area contributed by atoms with Gasteiger partial charge in [-0.3, -0.25) is 9.69 Å². The van der Waals surface area contributed by atoms with Crippen LogP contribution in [0.25, 0.3) is 0 Å². The molecule has 1 amide bonds. The van der Waals surface area contributed by atoms with Crippen LogP contribution >= 0.6 is 22.6 Å². The van der Waals surface area contributed by atoms with E-state index in [1.54, 1.807) is 49.8 Å². The highest BCUT2D eigenvalue weighted by Crippen LogP contribution is 2.23. The lowest BCUT2D eigenvalue weighted by Gasteiger charge is -2.16. The van der Waals surface area contributed by atoms with Crippen molar-refractivity contribution >= 4 is 57.5 Å². The standard InChI is InChI=1S/C18H16IN7O/c1-26(15-4-2-3-8-22-15)17(27)16(20)12-6-5-11(19)10-13(12)24-14-7-9-23-18(21)25-14/h2-10,20H,1H3,(H3,21,23,24,25)/p+1. The van der Waals surface area contributed by atoms with Crippen LogP contribution in [-0.4, -0.2) is 33.6 Å². The molecule has 0 fully saturated rings. The summed E-state index contributed by atoms with van der Waals surface area (Å²) in [6, 6.07) is 12.5. The highest BCUT2D eigenvalue weighted by Gasteiger charge is 2.26. The summed E-state index contributed by atoms with van der Waals surface area (Å²) < 4.78 is 0.971. The van der Waals surface area contributed by atoms with Crippen LogP contribution in [0.3, 0.4) is 0 Å². The average molecular weight is 474 g/mol. The van der Waals surface area contributed by atoms with Gasteiger partial charge >= 0.3 is 5.91 Å². The summed E-state index contributed by atoms with van der Waals surface area (Å²) in [4.78, 5) is 26.4. The molecule has 0 radical (unpaired) electrons. The molecule has 0 atom stereocenters. The molecule has 0 aliphatic heterocycles. The van der Waals surface area contributed by atoms with Crippen molar-refractivity contribution in [1.29, 1.82) is 0 Å². The number of benzene rings is 1. The van der Waals surface area contributed by atoms with Crippen molar-refractivity contribution in [2.24, 2.45) is 0 Å². The monoisotopic (exact) mass is 474 g/mol. The minimum absolute atomic E-state index is 0.0871. The van der Waals surface area contributed by atoms with E-state index in [0.717, 1.165) is 3.57 Å². The van der Waals surface area contributed by atoms with Gasteiger partial charge in [-0.1, -0.05) is 6.07 Å². The van der Waals surface area contributed by atoms with Gasteiger partial charge in [0, 0.05) is 23.0 Å². The molecule has 0 bridgehead atoms. The predicted molar refractivity (Wildman–Crippen MR) is 113 cm³/mol. The Morgan fingerprint density at radius 1 is 1.19 bits per heavy atom. The average Bonchev–Trinajstić information content (AvgIpc) is 2.67. The van der Waals surface area contributed by atoms with Gasteiger partial charge in [0.05, 0.1) is 11.3 Å². The van der Waals surface area contributed by atoms with Crippen LogP contribution in [0, 0.1) is 3.57 Å². The SMILES string of the molecule is CN(C(=O)C(=[NH2+])c1ccc(I)cc1Nc1ccnc(N)n1)c1ccccn1. The van der Waals surface area contributed by atoms with E-state index in [2.05, 4.69) is 42.9 Å². The van der Waals surface area contributed by atoms with Crippen LogP contribution in [0.5, 0.6) is 0 Å². The maximum Gasteiger partial charge on any atom is 0.324 e. The number of nitrogen functional groups attached to an aromatic ring is 1. The molecule has 136 valence electrons. The molecule has 5 N–H and O–H groups in total. The number of hydrogen-bond donors (Lipinski definition) is 3. The molecular formula is C18H17IN7O+. The first-order chi connectivity index (χ1) is 13.0. The van der Waals surface area contributed by atoms with Gasteiger partial charge in [0.2, 0.25) is 5.95 Å². The molecule has 2 aromatic heterocycles. The van der Waals surface area contributed by atoms with E-state index in [4.69, 9.17) is 11.1 Å². The lowest BCUT2D eigenvalue weighted by Crippen LogP contribution is -2.51. The fourth-order valence-electron chi connectivity index (χ4n) is 2.39. The third-order valence-electron chi connectivity index (χ3n) is 3.74. The number of nitrogens with two attached hydrogens (primary N) is 2. The smallest absolute Gasteiger partial charge is 0.324 e. The summed E-state index contributed by atoms with van der Waals surface area (Å²) in [6.07, 6.45) is 3.16. The van der Waals surface area contributed by atoms with Gasteiger partial charge in [0.1, 0.15) is 11.6 Å². The van der Waals surface area contributed by atoms with Crippen molar-refractivity contribution < 1.29 is 10.2 Å². The molecule has 3 aromatic rings. The van der Waals surface area contributed by atoms with Crippen LogP contribution in [0.1, 0.15) is 5.56 Å². The fraction of sp³-hybridized carbons (Fsp3) is 0.0556. The van der Waals surface area contributed by atoms with Crippen molar-refractivity contribution in [2.45, 2.75) is 0 Å². The van der Waals surface area contributed by atoms with E-state index in [0.29, 0.717) is 22.9 Å². The lowest BCUT2D eigenvalue weighted by atomic mass is 10.1. The number of pyridine rings is 1. The molecule has 0 aliphatic carbocycles. The maximum absolute atomic E-state index is 12.8. The summed E-state index contributed by atoms with van der Waals surface area (Å²) in [5.41, 5.74) is 6.91. The predicted octanol–water partition coefficient (Wildman–Crippen LogP) is 1.01. The molecule has 9 heteroatoms. The highest BCUT2D eigenvalue weighted by molar-refractivity contribution is 14.1. The first-order valence-electron chi connectivity index (χ1n) is 7.92. The molecular weight excluding hydrogens is 457 g/mol. The Hall–Kier alpha value is -3.08. The molecule has 27 heavy (non-hydrogen) atoms. The van der Waals surface area contributed by atoms with Gasteiger partial charge in [-0.25, -0.2) is 15.4 Å². The summed E-state index contributed by atoms with van der Waals surface area (Å²) in [7, 11) is 1.63. The van der Waals surface area contributed by atoms with Crippen molar-refractivity contribution in [3.05, 3.63) is 64.0 Å². The highest BCUT2D eigenvalue weighted by atomic mass is 127. The van der Waals surface area contributed by atoms with Crippen LogP contribution in [0.2, 0.25) is 0 Å². The van der Waals surface area contributed by atoms with Crippen molar-refractivity contribution in [2.75, 3.05) is 23.0 Å². The molecule has 0 saturated carbocycles. The number of amides is 1. The van der Waals surface area contributed by atoms with Crippen molar-refractivity contribution in [3.63, 3.8) is 0 Å². The van der Waals surface area contributed by atoms with Crippen LogP contribution in [0.4, 0.5) is 23.3 Å². The number of halogens is 1. The van der Waals surface area contributed by atoms with Gasteiger partial charge in [-0.15, -0.1) is 0 Å². The molecule has 0 aliphatic rings. The molecule has 8 nitrogen and oxygen atoms in total. The summed E-state index contributed by atoms with van der Waals surface area (Å²) >= 11 is 2.18. The minimum Gasteiger partial charge on any atom is -0.368 e. The maximum atomic E-state index is 12.8. The number of hydrogen-bond acceptors (Lipinski definition) is 6. The van der Waals surface area contributed by atoms with E-state index in [9.17, 15) is 4.79 Å². The molecule has 1 aromatic carbocycles. The first kappa shape index (κ1) is 18.7. The minimum atomic E-state index is -0.361. The molecule has 0 unspecified atom stereocenters. The normalized spacial score (nSPS) is 10.3. The van der Waals surface area contributed by atoms with Gasteiger partial charge in [0.15, 0.2) is 0 Å². The van der Waals surface area contributed by atoms with Gasteiger partial charge < -0.3 is 11.1 Å². The van der Waals surface area contributed by atoms with Crippen molar-refractivity contribution in [1.82, 2.24) is 15.0 Å². The Kier molecular flexibility index (Phi) is 5.60. The van der Waals surface area contributed by atoms with Crippen molar-refractivity contribution in [3.8, 4) is 0 Å².